The number of nitrogens with zero attached hydrogens (tertiary/aromatic N) is 2. The van der Waals surface area contributed by atoms with Crippen molar-refractivity contribution < 1.29 is 18.0 Å². The van der Waals surface area contributed by atoms with Crippen molar-refractivity contribution in [1.82, 2.24) is 4.90 Å². The minimum atomic E-state index is -4.57. The Labute approximate surface area is 153 Å². The van der Waals surface area contributed by atoms with E-state index in [1.54, 1.807) is 0 Å². The average Bonchev–Trinajstić information content (AvgIpc) is 3.08. The van der Waals surface area contributed by atoms with E-state index in [-0.39, 0.29) is 5.56 Å². The smallest absolute Gasteiger partial charge is 0.286 e. The van der Waals surface area contributed by atoms with E-state index >= 15 is 0 Å². The van der Waals surface area contributed by atoms with Crippen molar-refractivity contribution in [2.24, 2.45) is 4.99 Å². The highest BCUT2D eigenvalue weighted by atomic mass is 32.2. The van der Waals surface area contributed by atoms with Gasteiger partial charge in [-0.25, -0.2) is 0 Å². The van der Waals surface area contributed by atoms with Crippen LogP contribution in [0, 0.1) is 6.92 Å². The van der Waals surface area contributed by atoms with Gasteiger partial charge in [-0.05, 0) is 30.2 Å². The lowest BCUT2D eigenvalue weighted by atomic mass is 10.1. The molecule has 0 aromatic heterocycles. The number of benzene rings is 2. The summed E-state index contributed by atoms with van der Waals surface area (Å²) in [6.07, 6.45) is -4.57. The molecule has 0 radical (unpaired) electrons. The topological polar surface area (TPSA) is 32.7 Å². The fourth-order valence-corrected chi connectivity index (χ4v) is 3.84. The first kappa shape index (κ1) is 18.5. The molecule has 136 valence electrons. The number of thioether (sulfide) groups is 1. The first-order valence-electron chi connectivity index (χ1n) is 8.08. The largest absolute Gasteiger partial charge is 0.417 e. The van der Waals surface area contributed by atoms with E-state index in [1.165, 1.54) is 34.9 Å². The molecule has 0 saturated carbocycles. The Balaban J connectivity index is 1.78. The van der Waals surface area contributed by atoms with Crippen LogP contribution in [0.15, 0.2) is 53.5 Å². The second-order valence-corrected chi connectivity index (χ2v) is 6.82. The first-order chi connectivity index (χ1) is 12.4. The van der Waals surface area contributed by atoms with Gasteiger partial charge in [-0.15, -0.1) is 0 Å². The molecule has 0 N–H and O–H groups in total. The number of hydrogen-bond acceptors (Lipinski definition) is 3. The highest BCUT2D eigenvalue weighted by Crippen LogP contribution is 2.33. The number of alkyl halides is 3. The highest BCUT2D eigenvalue weighted by Gasteiger charge is 2.37. The molecule has 0 bridgehead atoms. The Morgan fingerprint density at radius 3 is 2.58 bits per heavy atom. The fourth-order valence-electron chi connectivity index (χ4n) is 2.72. The third-order valence-electron chi connectivity index (χ3n) is 4.13. The maximum absolute atomic E-state index is 13.2. The molecule has 3 rings (SSSR count). The molecule has 2 aromatic rings. The van der Waals surface area contributed by atoms with Crippen LogP contribution in [0.3, 0.4) is 0 Å². The van der Waals surface area contributed by atoms with E-state index in [0.717, 1.165) is 17.2 Å². The van der Waals surface area contributed by atoms with Crippen molar-refractivity contribution in [1.29, 1.82) is 0 Å². The van der Waals surface area contributed by atoms with E-state index < -0.39 is 17.6 Å². The van der Waals surface area contributed by atoms with Crippen molar-refractivity contribution in [2.45, 2.75) is 18.9 Å². The van der Waals surface area contributed by atoms with Crippen LogP contribution in [0.2, 0.25) is 0 Å². The van der Waals surface area contributed by atoms with E-state index in [2.05, 4.69) is 4.99 Å². The van der Waals surface area contributed by atoms with Gasteiger partial charge < -0.3 is 0 Å². The summed E-state index contributed by atoms with van der Waals surface area (Å²) < 4.78 is 39.6. The molecule has 0 spiro atoms. The predicted molar refractivity (Wildman–Crippen MR) is 97.3 cm³/mol. The Kier molecular flexibility index (Phi) is 5.36. The molecule has 1 aliphatic rings. The van der Waals surface area contributed by atoms with E-state index in [4.69, 9.17) is 0 Å². The van der Waals surface area contributed by atoms with Gasteiger partial charge in [0, 0.05) is 12.3 Å². The standard InChI is InChI=1S/C19H17F3N2OS/c1-13-6-2-3-7-14(13)12-26-18-23-10-11-24(18)17(25)15-8-4-5-9-16(15)19(20,21)22/h2-9H,10-12H2,1H3. The summed E-state index contributed by atoms with van der Waals surface area (Å²) in [4.78, 5) is 18.4. The molecule has 0 aliphatic carbocycles. The van der Waals surface area contributed by atoms with Crippen molar-refractivity contribution in [2.75, 3.05) is 13.1 Å². The van der Waals surface area contributed by atoms with Gasteiger partial charge >= 0.3 is 6.18 Å². The van der Waals surface area contributed by atoms with Crippen LogP contribution in [0.4, 0.5) is 13.2 Å². The van der Waals surface area contributed by atoms with Gasteiger partial charge in [0.15, 0.2) is 5.17 Å². The van der Waals surface area contributed by atoms with Crippen LogP contribution >= 0.6 is 11.8 Å². The summed E-state index contributed by atoms with van der Waals surface area (Å²) in [5.74, 6) is -0.0533. The summed E-state index contributed by atoms with van der Waals surface area (Å²) in [5, 5.41) is 0.468. The van der Waals surface area contributed by atoms with Crippen LogP contribution in [0.5, 0.6) is 0 Å². The van der Waals surface area contributed by atoms with Crippen molar-refractivity contribution >= 4 is 22.8 Å². The Morgan fingerprint density at radius 1 is 1.15 bits per heavy atom. The quantitative estimate of drug-likeness (QED) is 0.772. The third kappa shape index (κ3) is 3.93. The summed E-state index contributed by atoms with van der Waals surface area (Å²) in [5.41, 5.74) is 0.973. The van der Waals surface area contributed by atoms with Gasteiger partial charge in [0.05, 0.1) is 17.7 Å². The van der Waals surface area contributed by atoms with Crippen molar-refractivity contribution in [3.8, 4) is 0 Å². The monoisotopic (exact) mass is 378 g/mol. The van der Waals surface area contributed by atoms with Gasteiger partial charge in [0.2, 0.25) is 0 Å². The third-order valence-corrected chi connectivity index (χ3v) is 5.19. The van der Waals surface area contributed by atoms with Gasteiger partial charge in [0.1, 0.15) is 0 Å². The number of aliphatic imine (C=N–C) groups is 1. The molecule has 26 heavy (non-hydrogen) atoms. The summed E-state index contributed by atoms with van der Waals surface area (Å²) in [6, 6.07) is 12.7. The Bertz CT molecular complexity index is 849. The van der Waals surface area contributed by atoms with Crippen LogP contribution in [-0.4, -0.2) is 29.1 Å². The van der Waals surface area contributed by atoms with Gasteiger partial charge in [-0.3, -0.25) is 14.7 Å². The summed E-state index contributed by atoms with van der Waals surface area (Å²) >= 11 is 1.37. The number of hydrogen-bond donors (Lipinski definition) is 0. The second kappa shape index (κ2) is 7.53. The number of amides is 1. The molecule has 0 unspecified atom stereocenters. The number of carbonyl (C=O) groups is 1. The van der Waals surface area contributed by atoms with Crippen molar-refractivity contribution in [3.63, 3.8) is 0 Å². The minimum absolute atomic E-state index is 0.293. The average molecular weight is 378 g/mol. The minimum Gasteiger partial charge on any atom is -0.286 e. The van der Waals surface area contributed by atoms with Crippen LogP contribution in [0.1, 0.15) is 27.0 Å². The molecule has 0 fully saturated rings. The lowest BCUT2D eigenvalue weighted by Crippen LogP contribution is -2.34. The molecule has 0 saturated heterocycles. The summed E-state index contributed by atoms with van der Waals surface area (Å²) in [6.45, 7) is 2.69. The molecular weight excluding hydrogens is 361 g/mol. The maximum atomic E-state index is 13.2. The number of rotatable bonds is 3. The van der Waals surface area contributed by atoms with Crippen LogP contribution in [0.25, 0.3) is 0 Å². The van der Waals surface area contributed by atoms with E-state index in [9.17, 15) is 18.0 Å². The highest BCUT2D eigenvalue weighted by molar-refractivity contribution is 8.13. The zero-order valence-corrected chi connectivity index (χ0v) is 14.9. The van der Waals surface area contributed by atoms with Gasteiger partial charge in [0.25, 0.3) is 5.91 Å². The summed E-state index contributed by atoms with van der Waals surface area (Å²) in [7, 11) is 0. The molecule has 2 aromatic carbocycles. The molecule has 3 nitrogen and oxygen atoms in total. The number of carbonyl (C=O) groups excluding carboxylic acids is 1. The molecule has 0 atom stereocenters. The lowest BCUT2D eigenvalue weighted by Gasteiger charge is -2.20. The maximum Gasteiger partial charge on any atom is 0.417 e. The number of amidine groups is 1. The SMILES string of the molecule is Cc1ccccc1CSC1=NCCN1C(=O)c1ccccc1C(F)(F)F. The zero-order valence-electron chi connectivity index (χ0n) is 14.1. The normalized spacial score (nSPS) is 14.5. The van der Waals surface area contributed by atoms with Crippen LogP contribution in [-0.2, 0) is 11.9 Å². The zero-order chi connectivity index (χ0) is 18.7. The molecule has 1 amide bonds. The number of halogens is 3. The Hall–Kier alpha value is -2.28. The lowest BCUT2D eigenvalue weighted by molar-refractivity contribution is -0.138. The number of aryl methyl sites for hydroxylation is 1. The van der Waals surface area contributed by atoms with E-state index in [1.807, 2.05) is 31.2 Å². The first-order valence-corrected chi connectivity index (χ1v) is 9.06. The predicted octanol–water partition coefficient (Wildman–Crippen LogP) is 4.76. The molecule has 1 heterocycles. The molecular formula is C19H17F3N2OS. The van der Waals surface area contributed by atoms with Gasteiger partial charge in [-0.2, -0.15) is 13.2 Å². The van der Waals surface area contributed by atoms with Crippen LogP contribution < -0.4 is 0 Å². The molecule has 1 aliphatic heterocycles. The van der Waals surface area contributed by atoms with E-state index in [0.29, 0.717) is 24.0 Å². The Morgan fingerprint density at radius 2 is 1.85 bits per heavy atom. The van der Waals surface area contributed by atoms with Gasteiger partial charge in [-0.1, -0.05) is 48.2 Å². The van der Waals surface area contributed by atoms with Crippen molar-refractivity contribution in [3.05, 3.63) is 70.8 Å². The molecule has 7 heteroatoms. The second-order valence-electron chi connectivity index (χ2n) is 5.88. The fraction of sp³-hybridized carbons (Fsp3) is 0.263.